The number of halogens is 1. The smallest absolute Gasteiger partial charge is 0.320 e. The van der Waals surface area contributed by atoms with Gasteiger partial charge in [-0.1, -0.05) is 18.2 Å². The highest BCUT2D eigenvalue weighted by Crippen LogP contribution is 2.32. The van der Waals surface area contributed by atoms with Crippen molar-refractivity contribution in [2.24, 2.45) is 0 Å². The molecular formula is C24H19FN6O3. The van der Waals surface area contributed by atoms with E-state index in [-0.39, 0.29) is 24.0 Å². The maximum absolute atomic E-state index is 14.8. The molecular weight excluding hydrogens is 439 g/mol. The number of carbonyl (C=O) groups excluding carboxylic acids is 2. The van der Waals surface area contributed by atoms with Crippen molar-refractivity contribution in [3.05, 3.63) is 89.6 Å². The molecule has 10 heteroatoms. The molecule has 0 fully saturated rings. The van der Waals surface area contributed by atoms with Crippen LogP contribution < -0.4 is 20.7 Å². The van der Waals surface area contributed by atoms with Crippen LogP contribution in [0.5, 0.6) is 11.5 Å². The van der Waals surface area contributed by atoms with Gasteiger partial charge in [-0.15, -0.1) is 0 Å². The van der Waals surface area contributed by atoms with Gasteiger partial charge >= 0.3 is 6.03 Å². The first kappa shape index (κ1) is 21.1. The first-order valence-electron chi connectivity index (χ1n) is 10.4. The molecule has 2 aromatic carbocycles. The first-order chi connectivity index (χ1) is 16.5. The van der Waals surface area contributed by atoms with Crippen LogP contribution in [0.4, 0.5) is 20.7 Å². The van der Waals surface area contributed by atoms with E-state index in [1.165, 1.54) is 24.5 Å². The number of hydrogen-bond acceptors (Lipinski definition) is 5. The third-order valence-electron chi connectivity index (χ3n) is 5.34. The largest absolute Gasteiger partial charge is 0.454 e. The molecule has 170 valence electrons. The number of benzene rings is 2. The Morgan fingerprint density at radius 1 is 1.15 bits per heavy atom. The van der Waals surface area contributed by atoms with Gasteiger partial charge in [0.2, 0.25) is 0 Å². The average molecular weight is 458 g/mol. The number of hydrogen-bond donors (Lipinski definition) is 3. The predicted octanol–water partition coefficient (Wildman–Crippen LogP) is 4.39. The number of urea groups is 1. The van der Waals surface area contributed by atoms with E-state index in [0.717, 1.165) is 5.69 Å². The third kappa shape index (κ3) is 4.04. The molecule has 4 aromatic rings. The number of rotatable bonds is 5. The number of pyridine rings is 1. The first-order valence-corrected chi connectivity index (χ1v) is 10.4. The van der Waals surface area contributed by atoms with Gasteiger partial charge in [0.05, 0.1) is 35.2 Å². The van der Waals surface area contributed by atoms with E-state index in [9.17, 15) is 14.0 Å². The zero-order valence-corrected chi connectivity index (χ0v) is 18.0. The van der Waals surface area contributed by atoms with Crippen LogP contribution in [0.3, 0.4) is 0 Å². The number of amides is 3. The van der Waals surface area contributed by atoms with Crippen LogP contribution in [-0.4, -0.2) is 26.7 Å². The van der Waals surface area contributed by atoms with E-state index in [4.69, 9.17) is 4.74 Å². The number of carbonyl (C=O) groups is 2. The van der Waals surface area contributed by atoms with Crippen molar-refractivity contribution in [3.63, 3.8) is 0 Å². The van der Waals surface area contributed by atoms with Crippen molar-refractivity contribution < 1.29 is 18.7 Å². The summed E-state index contributed by atoms with van der Waals surface area (Å²) in [6.07, 6.45) is 2.94. The van der Waals surface area contributed by atoms with Gasteiger partial charge in [-0.3, -0.25) is 10.1 Å². The quantitative estimate of drug-likeness (QED) is 0.411. The fourth-order valence-corrected chi connectivity index (χ4v) is 3.61. The number of para-hydroxylation sites is 1. The monoisotopic (exact) mass is 458 g/mol. The summed E-state index contributed by atoms with van der Waals surface area (Å²) in [4.78, 5) is 28.4. The summed E-state index contributed by atoms with van der Waals surface area (Å²) in [6, 6.07) is 14.8. The van der Waals surface area contributed by atoms with Gasteiger partial charge in [0.25, 0.3) is 5.91 Å². The minimum absolute atomic E-state index is 0.0311. The molecule has 34 heavy (non-hydrogen) atoms. The molecule has 2 aromatic heterocycles. The van der Waals surface area contributed by atoms with Crippen LogP contribution in [0.1, 0.15) is 21.6 Å². The highest BCUT2D eigenvalue weighted by molar-refractivity contribution is 6.05. The van der Waals surface area contributed by atoms with E-state index >= 15 is 0 Å². The van der Waals surface area contributed by atoms with Crippen LogP contribution in [0.2, 0.25) is 0 Å². The average Bonchev–Trinajstić information content (AvgIpc) is 3.22. The van der Waals surface area contributed by atoms with Gasteiger partial charge in [-0.05, 0) is 37.3 Å². The maximum Gasteiger partial charge on any atom is 0.320 e. The number of fused-ring (bicyclic) bond motifs is 1. The molecule has 1 aliphatic heterocycles. The van der Waals surface area contributed by atoms with Crippen molar-refractivity contribution in [1.29, 1.82) is 0 Å². The lowest BCUT2D eigenvalue weighted by molar-refractivity contribution is 0.102. The molecule has 1 aliphatic rings. The zero-order chi connectivity index (χ0) is 23.7. The summed E-state index contributed by atoms with van der Waals surface area (Å²) in [7, 11) is 0. The summed E-state index contributed by atoms with van der Waals surface area (Å²) in [6.45, 7) is 2.00. The normalized spacial score (nSPS) is 12.4. The standard InChI is InChI=1S/C24H19FN6O3/c1-14-17(13-28-31(14)16-5-3-2-4-6-16)23(32)29-15-7-8-21(19(25)11-15)34-20-9-10-26-22-18(20)12-27-24(33)30-22/h2-11,13H,12H2,1H3,(H,29,32)(H2,26,27,30,33). The van der Waals surface area contributed by atoms with Crippen molar-refractivity contribution in [2.75, 3.05) is 10.6 Å². The summed E-state index contributed by atoms with van der Waals surface area (Å²) >= 11 is 0. The fourth-order valence-electron chi connectivity index (χ4n) is 3.61. The molecule has 3 heterocycles. The Bertz CT molecular complexity index is 1400. The fraction of sp³-hybridized carbons (Fsp3) is 0.0833. The van der Waals surface area contributed by atoms with Crippen molar-refractivity contribution >= 4 is 23.4 Å². The SMILES string of the molecule is Cc1c(C(=O)Nc2ccc(Oc3ccnc4c3CNC(=O)N4)c(F)c2)cnn1-c1ccccc1. The summed E-state index contributed by atoms with van der Waals surface area (Å²) in [5.41, 5.74) is 2.74. The molecule has 0 aliphatic carbocycles. The molecule has 0 radical (unpaired) electrons. The lowest BCUT2D eigenvalue weighted by Gasteiger charge is -2.20. The second kappa shape index (κ2) is 8.66. The Morgan fingerprint density at radius 2 is 1.97 bits per heavy atom. The van der Waals surface area contributed by atoms with E-state index in [1.807, 2.05) is 30.3 Å². The maximum atomic E-state index is 14.8. The van der Waals surface area contributed by atoms with Crippen LogP contribution in [0, 0.1) is 12.7 Å². The Hall–Kier alpha value is -4.73. The Morgan fingerprint density at radius 3 is 2.76 bits per heavy atom. The highest BCUT2D eigenvalue weighted by atomic mass is 19.1. The number of aromatic nitrogens is 3. The summed E-state index contributed by atoms with van der Waals surface area (Å²) in [5.74, 6) is -0.379. The molecule has 5 rings (SSSR count). The van der Waals surface area contributed by atoms with Crippen LogP contribution in [0.25, 0.3) is 5.69 Å². The number of ether oxygens (including phenoxy) is 1. The number of anilines is 2. The predicted molar refractivity (Wildman–Crippen MR) is 123 cm³/mol. The third-order valence-corrected chi connectivity index (χ3v) is 5.34. The van der Waals surface area contributed by atoms with Gasteiger partial charge in [0.15, 0.2) is 11.6 Å². The highest BCUT2D eigenvalue weighted by Gasteiger charge is 2.21. The van der Waals surface area contributed by atoms with E-state index in [0.29, 0.717) is 28.4 Å². The second-order valence-corrected chi connectivity index (χ2v) is 7.54. The zero-order valence-electron chi connectivity index (χ0n) is 18.0. The topological polar surface area (TPSA) is 110 Å². The summed E-state index contributed by atoms with van der Waals surface area (Å²) < 4.78 is 22.2. The van der Waals surface area contributed by atoms with Crippen molar-refractivity contribution in [3.8, 4) is 17.2 Å². The van der Waals surface area contributed by atoms with Gasteiger partial charge < -0.3 is 15.4 Å². The number of nitrogens with zero attached hydrogens (tertiary/aromatic N) is 3. The molecule has 0 atom stereocenters. The molecule has 0 spiro atoms. The summed E-state index contributed by atoms with van der Waals surface area (Å²) in [5, 5.41) is 12.2. The molecule has 3 amide bonds. The Kier molecular flexibility index (Phi) is 5.38. The lowest BCUT2D eigenvalue weighted by atomic mass is 10.2. The van der Waals surface area contributed by atoms with Gasteiger partial charge in [0.1, 0.15) is 11.6 Å². The van der Waals surface area contributed by atoms with Crippen LogP contribution in [0.15, 0.2) is 67.0 Å². The van der Waals surface area contributed by atoms with Gasteiger partial charge in [-0.2, -0.15) is 5.10 Å². The van der Waals surface area contributed by atoms with Crippen LogP contribution in [-0.2, 0) is 6.54 Å². The Balaban J connectivity index is 1.33. The van der Waals surface area contributed by atoms with E-state index in [2.05, 4.69) is 26.0 Å². The molecule has 0 bridgehead atoms. The second-order valence-electron chi connectivity index (χ2n) is 7.54. The Labute approximate surface area is 193 Å². The van der Waals surface area contributed by atoms with Crippen molar-refractivity contribution in [2.45, 2.75) is 13.5 Å². The van der Waals surface area contributed by atoms with Gasteiger partial charge in [0, 0.05) is 18.0 Å². The van der Waals surface area contributed by atoms with Crippen molar-refractivity contribution in [1.82, 2.24) is 20.1 Å². The van der Waals surface area contributed by atoms with E-state index in [1.54, 1.807) is 23.7 Å². The minimum atomic E-state index is -0.659. The number of nitrogens with one attached hydrogen (secondary N) is 3. The van der Waals surface area contributed by atoms with Gasteiger partial charge in [-0.25, -0.2) is 18.9 Å². The van der Waals surface area contributed by atoms with Crippen LogP contribution >= 0.6 is 0 Å². The molecule has 9 nitrogen and oxygen atoms in total. The minimum Gasteiger partial charge on any atom is -0.454 e. The molecule has 0 saturated heterocycles. The van der Waals surface area contributed by atoms with E-state index < -0.39 is 11.7 Å². The molecule has 0 saturated carbocycles. The lowest BCUT2D eigenvalue weighted by Crippen LogP contribution is -2.34. The molecule has 0 unspecified atom stereocenters. The molecule has 3 N–H and O–H groups in total.